The van der Waals surface area contributed by atoms with Gasteiger partial charge in [-0.1, -0.05) is 72.4 Å². The molecular weight excluding hydrogens is 408 g/mol. The standard InChI is InChI=1S/C25H24N2O3S/c28-24(26-21-13-7-8-14-23(21)31-20-11-5-2-6-12-20)17-22-25(29)30-16-15-27(22)18-19-9-3-1-4-10-19/h1-14,22H,15-18H2,(H,26,28)/t22-/m1/s1. The first-order valence-corrected chi connectivity index (χ1v) is 11.1. The predicted octanol–water partition coefficient (Wildman–Crippen LogP) is 4.59. The van der Waals surface area contributed by atoms with Crippen LogP contribution in [-0.2, 0) is 20.9 Å². The fraction of sp³-hybridized carbons (Fsp3) is 0.200. The number of hydrogen-bond acceptors (Lipinski definition) is 5. The van der Waals surface area contributed by atoms with Gasteiger partial charge in [0.15, 0.2) is 0 Å². The number of nitrogens with one attached hydrogen (secondary N) is 1. The number of para-hydroxylation sites is 1. The van der Waals surface area contributed by atoms with E-state index in [4.69, 9.17) is 4.74 Å². The Bertz CT molecular complexity index is 1030. The van der Waals surface area contributed by atoms with Crippen molar-refractivity contribution in [1.82, 2.24) is 4.90 Å². The largest absolute Gasteiger partial charge is 0.463 e. The topological polar surface area (TPSA) is 58.6 Å². The van der Waals surface area contributed by atoms with E-state index in [9.17, 15) is 9.59 Å². The van der Waals surface area contributed by atoms with E-state index in [1.54, 1.807) is 11.8 Å². The van der Waals surface area contributed by atoms with Gasteiger partial charge in [0.2, 0.25) is 5.91 Å². The Hall–Kier alpha value is -3.09. The van der Waals surface area contributed by atoms with Crippen LogP contribution in [0.2, 0.25) is 0 Å². The molecule has 5 nitrogen and oxygen atoms in total. The van der Waals surface area contributed by atoms with E-state index in [1.807, 2.05) is 89.8 Å². The van der Waals surface area contributed by atoms with Gasteiger partial charge in [-0.15, -0.1) is 0 Å². The maximum Gasteiger partial charge on any atom is 0.323 e. The summed E-state index contributed by atoms with van der Waals surface area (Å²) in [7, 11) is 0. The second-order valence-electron chi connectivity index (χ2n) is 7.30. The monoisotopic (exact) mass is 432 g/mol. The third-order valence-corrected chi connectivity index (χ3v) is 6.16. The Balaban J connectivity index is 1.44. The molecule has 4 rings (SSSR count). The number of anilines is 1. The first-order valence-electron chi connectivity index (χ1n) is 10.3. The molecule has 0 bridgehead atoms. The van der Waals surface area contributed by atoms with E-state index < -0.39 is 6.04 Å². The molecule has 3 aromatic carbocycles. The van der Waals surface area contributed by atoms with Gasteiger partial charge in [-0.3, -0.25) is 14.5 Å². The number of nitrogens with zero attached hydrogens (tertiary/aromatic N) is 1. The number of carbonyl (C=O) groups is 2. The quantitative estimate of drug-likeness (QED) is 0.553. The zero-order chi connectivity index (χ0) is 21.5. The summed E-state index contributed by atoms with van der Waals surface area (Å²) in [4.78, 5) is 29.4. The minimum atomic E-state index is -0.595. The smallest absolute Gasteiger partial charge is 0.323 e. The van der Waals surface area contributed by atoms with Crippen LogP contribution >= 0.6 is 11.8 Å². The number of benzene rings is 3. The highest BCUT2D eigenvalue weighted by Crippen LogP contribution is 2.33. The zero-order valence-corrected chi connectivity index (χ0v) is 17.9. The lowest BCUT2D eigenvalue weighted by atomic mass is 10.1. The lowest BCUT2D eigenvalue weighted by molar-refractivity contribution is -0.159. The summed E-state index contributed by atoms with van der Waals surface area (Å²) in [5.41, 5.74) is 1.84. The summed E-state index contributed by atoms with van der Waals surface area (Å²) in [5.74, 6) is -0.549. The van der Waals surface area contributed by atoms with Gasteiger partial charge >= 0.3 is 5.97 Å². The van der Waals surface area contributed by atoms with E-state index in [2.05, 4.69) is 5.32 Å². The molecule has 3 aromatic rings. The van der Waals surface area contributed by atoms with Crippen molar-refractivity contribution < 1.29 is 14.3 Å². The van der Waals surface area contributed by atoms with Crippen molar-refractivity contribution in [2.24, 2.45) is 0 Å². The van der Waals surface area contributed by atoms with Gasteiger partial charge < -0.3 is 10.1 Å². The molecule has 31 heavy (non-hydrogen) atoms. The second-order valence-corrected chi connectivity index (χ2v) is 8.42. The number of amides is 1. The van der Waals surface area contributed by atoms with Crippen LogP contribution in [0.3, 0.4) is 0 Å². The van der Waals surface area contributed by atoms with Crippen molar-refractivity contribution in [3.8, 4) is 0 Å². The molecule has 1 saturated heterocycles. The van der Waals surface area contributed by atoms with Crippen LogP contribution in [0.1, 0.15) is 12.0 Å². The number of rotatable bonds is 7. The molecule has 1 fully saturated rings. The molecule has 1 amide bonds. The van der Waals surface area contributed by atoms with Crippen LogP contribution in [0.5, 0.6) is 0 Å². The molecule has 0 unspecified atom stereocenters. The van der Waals surface area contributed by atoms with Crippen LogP contribution in [0.25, 0.3) is 0 Å². The van der Waals surface area contributed by atoms with Crippen LogP contribution in [0.15, 0.2) is 94.7 Å². The maximum absolute atomic E-state index is 12.9. The van der Waals surface area contributed by atoms with Gasteiger partial charge in [-0.2, -0.15) is 0 Å². The molecule has 1 N–H and O–H groups in total. The second kappa shape index (κ2) is 10.3. The van der Waals surface area contributed by atoms with Crippen molar-refractivity contribution in [2.75, 3.05) is 18.5 Å². The van der Waals surface area contributed by atoms with Crippen LogP contribution in [0.4, 0.5) is 5.69 Å². The van der Waals surface area contributed by atoms with Gasteiger partial charge in [-0.05, 0) is 29.8 Å². The summed E-state index contributed by atoms with van der Waals surface area (Å²) < 4.78 is 5.25. The van der Waals surface area contributed by atoms with E-state index >= 15 is 0 Å². The molecule has 1 aliphatic rings. The van der Waals surface area contributed by atoms with Crippen LogP contribution in [-0.4, -0.2) is 36.0 Å². The lowest BCUT2D eigenvalue weighted by Gasteiger charge is -2.33. The third-order valence-electron chi connectivity index (χ3n) is 5.08. The van der Waals surface area contributed by atoms with Crippen molar-refractivity contribution >= 4 is 29.3 Å². The van der Waals surface area contributed by atoms with Gasteiger partial charge in [0.05, 0.1) is 12.1 Å². The molecule has 0 aromatic heterocycles. The summed E-state index contributed by atoms with van der Waals surface area (Å²) in [6.07, 6.45) is 0.0516. The predicted molar refractivity (Wildman–Crippen MR) is 122 cm³/mol. The Kier molecular flexibility index (Phi) is 7.02. The zero-order valence-electron chi connectivity index (χ0n) is 17.1. The molecule has 1 aliphatic heterocycles. The molecule has 1 atom stereocenters. The fourth-order valence-corrected chi connectivity index (χ4v) is 4.46. The molecule has 0 aliphatic carbocycles. The van der Waals surface area contributed by atoms with E-state index in [0.29, 0.717) is 19.7 Å². The molecule has 0 radical (unpaired) electrons. The minimum Gasteiger partial charge on any atom is -0.463 e. The van der Waals surface area contributed by atoms with Gasteiger partial charge in [-0.25, -0.2) is 0 Å². The first-order chi connectivity index (χ1) is 15.2. The van der Waals surface area contributed by atoms with Gasteiger partial charge in [0, 0.05) is 22.9 Å². The van der Waals surface area contributed by atoms with Crippen molar-refractivity contribution in [3.63, 3.8) is 0 Å². The van der Waals surface area contributed by atoms with Crippen LogP contribution in [0, 0.1) is 0 Å². The number of morpholine rings is 1. The average molecular weight is 433 g/mol. The summed E-state index contributed by atoms with van der Waals surface area (Å²) in [5, 5.41) is 2.99. The Morgan fingerprint density at radius 1 is 0.968 bits per heavy atom. The van der Waals surface area contributed by atoms with E-state index in [-0.39, 0.29) is 18.3 Å². The fourth-order valence-electron chi connectivity index (χ4n) is 3.54. The van der Waals surface area contributed by atoms with Gasteiger partial charge in [0.1, 0.15) is 12.6 Å². The van der Waals surface area contributed by atoms with Gasteiger partial charge in [0.25, 0.3) is 0 Å². The summed E-state index contributed by atoms with van der Waals surface area (Å²) in [6, 6.07) is 27.1. The number of ether oxygens (including phenoxy) is 1. The minimum absolute atomic E-state index is 0.0516. The number of esters is 1. The summed E-state index contributed by atoms with van der Waals surface area (Å²) in [6.45, 7) is 1.56. The molecule has 0 saturated carbocycles. The molecule has 6 heteroatoms. The Morgan fingerprint density at radius 2 is 1.65 bits per heavy atom. The SMILES string of the molecule is O=C(C[C@@H]1C(=O)OCCN1Cc1ccccc1)Nc1ccccc1Sc1ccccc1. The number of carbonyl (C=O) groups excluding carboxylic acids is 2. The third kappa shape index (κ3) is 5.75. The lowest BCUT2D eigenvalue weighted by Crippen LogP contribution is -2.49. The highest BCUT2D eigenvalue weighted by molar-refractivity contribution is 7.99. The number of cyclic esters (lactones) is 1. The molecular formula is C25H24N2O3S. The Labute approximate surface area is 186 Å². The van der Waals surface area contributed by atoms with Crippen molar-refractivity contribution in [3.05, 3.63) is 90.5 Å². The van der Waals surface area contributed by atoms with E-state index in [1.165, 1.54) is 0 Å². The first kappa shape index (κ1) is 21.2. The summed E-state index contributed by atoms with van der Waals surface area (Å²) >= 11 is 1.59. The van der Waals surface area contributed by atoms with Crippen molar-refractivity contribution in [2.45, 2.75) is 28.8 Å². The van der Waals surface area contributed by atoms with E-state index in [0.717, 1.165) is 21.0 Å². The normalized spacial score (nSPS) is 16.5. The van der Waals surface area contributed by atoms with Crippen LogP contribution < -0.4 is 5.32 Å². The molecule has 158 valence electrons. The Morgan fingerprint density at radius 3 is 2.42 bits per heavy atom. The molecule has 1 heterocycles. The molecule has 0 spiro atoms. The highest BCUT2D eigenvalue weighted by atomic mass is 32.2. The van der Waals surface area contributed by atoms with Crippen molar-refractivity contribution in [1.29, 1.82) is 0 Å². The highest BCUT2D eigenvalue weighted by Gasteiger charge is 2.33. The number of hydrogen-bond donors (Lipinski definition) is 1. The average Bonchev–Trinajstić information content (AvgIpc) is 2.79. The maximum atomic E-state index is 12.9.